The monoisotopic (exact) mass is 570 g/mol. The number of fused-ring (bicyclic) bond motifs is 2. The average molecular weight is 570 g/mol. The van der Waals surface area contributed by atoms with Crippen molar-refractivity contribution >= 4 is 21.9 Å². The van der Waals surface area contributed by atoms with Crippen molar-refractivity contribution in [3.8, 4) is 11.9 Å². The van der Waals surface area contributed by atoms with Crippen LogP contribution in [0.3, 0.4) is 0 Å². The van der Waals surface area contributed by atoms with Gasteiger partial charge in [0.05, 0.1) is 27.8 Å². The van der Waals surface area contributed by atoms with Gasteiger partial charge in [0, 0.05) is 48.0 Å². The number of para-hydroxylation sites is 2. The summed E-state index contributed by atoms with van der Waals surface area (Å²) in [6, 6.07) is 16.2. The third-order valence-corrected chi connectivity index (χ3v) is 5.22. The molecule has 0 amide bonds. The maximum absolute atomic E-state index is 13.4. The quantitative estimate of drug-likeness (QED) is 0.339. The molecule has 0 unspecified atom stereocenters. The summed E-state index contributed by atoms with van der Waals surface area (Å²) >= 11 is 0. The SMILES string of the molecule is O.O=c1c(C(c2cccnc2)c2c(O)oc3ccccc3c2=O)c(O)oc2ccccc12.[La]. The van der Waals surface area contributed by atoms with Crippen LogP contribution in [0.15, 0.2) is 91.5 Å². The molecule has 0 bridgehead atoms. The zero-order valence-corrected chi connectivity index (χ0v) is 20.7. The van der Waals surface area contributed by atoms with Gasteiger partial charge >= 0.3 is 0 Å². The van der Waals surface area contributed by atoms with E-state index >= 15 is 0 Å². The fourth-order valence-corrected chi connectivity index (χ4v) is 3.82. The fourth-order valence-electron chi connectivity index (χ4n) is 3.82. The third kappa shape index (κ3) is 4.11. The molecule has 163 valence electrons. The van der Waals surface area contributed by atoms with E-state index in [0.29, 0.717) is 5.56 Å². The van der Waals surface area contributed by atoms with Gasteiger partial charge in [0.2, 0.25) is 10.9 Å². The van der Waals surface area contributed by atoms with Crippen LogP contribution in [0.1, 0.15) is 22.6 Å². The van der Waals surface area contributed by atoms with Gasteiger partial charge in [0.25, 0.3) is 11.9 Å². The molecule has 5 aromatic rings. The molecule has 0 fully saturated rings. The van der Waals surface area contributed by atoms with E-state index < -0.39 is 28.7 Å². The Balaban J connectivity index is 0.00000153. The Morgan fingerprint density at radius 3 is 1.67 bits per heavy atom. The minimum Gasteiger partial charge on any atom is -0.480 e. The standard InChI is InChI=1S/C24H15NO6.La.H2O/c26-21-14-7-1-3-9-16(14)30-23(28)19(21)18(13-6-5-11-25-12-13)20-22(27)15-8-2-4-10-17(15)31-24(20)29;;/h1-12,18,28-29H;;1H2. The van der Waals surface area contributed by atoms with Crippen molar-refractivity contribution < 1.29 is 60.1 Å². The van der Waals surface area contributed by atoms with Crippen molar-refractivity contribution in [3.63, 3.8) is 0 Å². The molecule has 3 heterocycles. The second kappa shape index (κ2) is 9.72. The van der Waals surface area contributed by atoms with Crippen LogP contribution in [0.25, 0.3) is 21.9 Å². The molecular weight excluding hydrogens is 553 g/mol. The fraction of sp³-hybridized carbons (Fsp3) is 0.0417. The number of nitrogens with zero attached hydrogens (tertiary/aromatic N) is 1. The Hall–Kier alpha value is -3.24. The third-order valence-electron chi connectivity index (χ3n) is 5.22. The number of pyridine rings is 1. The van der Waals surface area contributed by atoms with Gasteiger partial charge in [-0.3, -0.25) is 14.6 Å². The topological polar surface area (TPSA) is 145 Å². The summed E-state index contributed by atoms with van der Waals surface area (Å²) in [6.07, 6.45) is 2.98. The van der Waals surface area contributed by atoms with Gasteiger partial charge < -0.3 is 24.5 Å². The molecule has 0 atom stereocenters. The Labute approximate surface area is 214 Å². The molecule has 0 spiro atoms. The van der Waals surface area contributed by atoms with Gasteiger partial charge in [-0.25, -0.2) is 0 Å². The van der Waals surface area contributed by atoms with Crippen LogP contribution in [-0.4, -0.2) is 20.7 Å². The van der Waals surface area contributed by atoms with E-state index in [4.69, 9.17) is 8.83 Å². The van der Waals surface area contributed by atoms with E-state index in [9.17, 15) is 19.8 Å². The molecule has 0 aliphatic carbocycles. The first kappa shape index (κ1) is 24.4. The molecule has 8 nitrogen and oxygen atoms in total. The van der Waals surface area contributed by atoms with Gasteiger partial charge in [-0.2, -0.15) is 0 Å². The Bertz CT molecular complexity index is 1460. The zero-order chi connectivity index (χ0) is 21.5. The van der Waals surface area contributed by atoms with Crippen LogP contribution in [0.5, 0.6) is 11.9 Å². The first-order valence-electron chi connectivity index (χ1n) is 9.45. The van der Waals surface area contributed by atoms with E-state index in [0.717, 1.165) is 0 Å². The van der Waals surface area contributed by atoms with E-state index in [1.165, 1.54) is 12.4 Å². The molecule has 0 saturated heterocycles. The predicted octanol–water partition coefficient (Wildman–Crippen LogP) is 3.06. The molecule has 0 aliphatic rings. The summed E-state index contributed by atoms with van der Waals surface area (Å²) in [5, 5.41) is 21.8. The Morgan fingerprint density at radius 2 is 1.21 bits per heavy atom. The minimum absolute atomic E-state index is 0. The van der Waals surface area contributed by atoms with Gasteiger partial charge in [-0.15, -0.1) is 0 Å². The van der Waals surface area contributed by atoms with E-state index in [-0.39, 0.29) is 74.1 Å². The first-order valence-corrected chi connectivity index (χ1v) is 9.45. The van der Waals surface area contributed by atoms with Crippen molar-refractivity contribution in [3.05, 3.63) is 110 Å². The normalized spacial score (nSPS) is 10.7. The van der Waals surface area contributed by atoms with Crippen molar-refractivity contribution in [2.75, 3.05) is 0 Å². The van der Waals surface area contributed by atoms with Gasteiger partial charge in [-0.1, -0.05) is 30.3 Å². The summed E-state index contributed by atoms with van der Waals surface area (Å²) in [7, 11) is 0. The second-order valence-corrected chi connectivity index (χ2v) is 7.01. The summed E-state index contributed by atoms with van der Waals surface area (Å²) in [5.41, 5.74) is -0.630. The maximum atomic E-state index is 13.4. The van der Waals surface area contributed by atoms with Gasteiger partial charge in [0.1, 0.15) is 11.2 Å². The summed E-state index contributed by atoms with van der Waals surface area (Å²) in [4.78, 5) is 30.8. The predicted molar refractivity (Wildman–Crippen MR) is 117 cm³/mol. The molecule has 4 N–H and O–H groups in total. The molecule has 0 aliphatic heterocycles. The molecule has 1 radical (unpaired) electrons. The Kier molecular flexibility index (Phi) is 7.19. The zero-order valence-electron chi connectivity index (χ0n) is 17.1. The number of aromatic nitrogens is 1. The minimum atomic E-state index is -1.17. The molecule has 3 aromatic heterocycles. The van der Waals surface area contributed by atoms with Crippen LogP contribution < -0.4 is 10.9 Å². The largest absolute Gasteiger partial charge is 0.480 e. The maximum Gasteiger partial charge on any atom is 0.290 e. The molecule has 33 heavy (non-hydrogen) atoms. The van der Waals surface area contributed by atoms with E-state index in [1.807, 2.05) is 0 Å². The van der Waals surface area contributed by atoms with Crippen molar-refractivity contribution in [1.29, 1.82) is 0 Å². The van der Waals surface area contributed by atoms with Crippen LogP contribution in [-0.2, 0) is 0 Å². The number of rotatable bonds is 3. The molecule has 0 saturated carbocycles. The second-order valence-electron chi connectivity index (χ2n) is 7.01. The van der Waals surface area contributed by atoms with Gasteiger partial charge in [-0.05, 0) is 35.9 Å². The van der Waals surface area contributed by atoms with Crippen LogP contribution in [0.4, 0.5) is 0 Å². The van der Waals surface area contributed by atoms with Crippen molar-refractivity contribution in [2.24, 2.45) is 0 Å². The number of hydrogen-bond acceptors (Lipinski definition) is 7. The molecule has 2 aromatic carbocycles. The summed E-state index contributed by atoms with van der Waals surface area (Å²) < 4.78 is 11.0. The number of hydrogen-bond donors (Lipinski definition) is 2. The number of benzene rings is 2. The molecule has 5 rings (SSSR count). The van der Waals surface area contributed by atoms with Crippen LogP contribution in [0.2, 0.25) is 0 Å². The van der Waals surface area contributed by atoms with E-state index in [1.54, 1.807) is 60.7 Å². The summed E-state index contributed by atoms with van der Waals surface area (Å²) in [5.74, 6) is -2.47. The first-order chi connectivity index (χ1) is 15.1. The van der Waals surface area contributed by atoms with Crippen molar-refractivity contribution in [1.82, 2.24) is 4.98 Å². The number of aromatic hydroxyl groups is 2. The smallest absolute Gasteiger partial charge is 0.290 e. The van der Waals surface area contributed by atoms with E-state index in [2.05, 4.69) is 4.98 Å². The average Bonchev–Trinajstić information content (AvgIpc) is 2.78. The van der Waals surface area contributed by atoms with Crippen LogP contribution >= 0.6 is 0 Å². The molecular formula is C24H17LaNO7. The van der Waals surface area contributed by atoms with Crippen LogP contribution in [0, 0.1) is 35.6 Å². The van der Waals surface area contributed by atoms with Gasteiger partial charge in [0.15, 0.2) is 0 Å². The molecule has 9 heteroatoms. The Morgan fingerprint density at radius 1 is 0.727 bits per heavy atom. The summed E-state index contributed by atoms with van der Waals surface area (Å²) in [6.45, 7) is 0. The van der Waals surface area contributed by atoms with Crippen molar-refractivity contribution in [2.45, 2.75) is 5.92 Å².